The van der Waals surface area contributed by atoms with E-state index in [1.54, 1.807) is 25.1 Å². The standard InChI is InChI=1S/C24H31Cl2FN4O4S/c1-5-6-13-28-24(33)17(2)30(15-18-11-12-19(25)20(26)14-18)23(32)16-31(36(34,35)29(3)4)22-10-8-7-9-21(22)27/h7-12,14,17H,5-6,13,15-16H2,1-4H3,(H,28,33)/t17-/m0/s1. The van der Waals surface area contributed by atoms with E-state index in [2.05, 4.69) is 5.32 Å². The quantitative estimate of drug-likeness (QED) is 0.396. The van der Waals surface area contributed by atoms with Crippen LogP contribution in [0, 0.1) is 5.82 Å². The summed E-state index contributed by atoms with van der Waals surface area (Å²) in [6.07, 6.45) is 1.64. The summed E-state index contributed by atoms with van der Waals surface area (Å²) >= 11 is 12.1. The minimum atomic E-state index is -4.25. The summed E-state index contributed by atoms with van der Waals surface area (Å²) in [6.45, 7) is 3.19. The Morgan fingerprint density at radius 2 is 1.75 bits per heavy atom. The van der Waals surface area contributed by atoms with Crippen LogP contribution in [-0.2, 0) is 26.3 Å². The lowest BCUT2D eigenvalue weighted by atomic mass is 10.1. The molecule has 8 nitrogen and oxygen atoms in total. The predicted octanol–water partition coefficient (Wildman–Crippen LogP) is 4.08. The van der Waals surface area contributed by atoms with Gasteiger partial charge in [-0.05, 0) is 43.2 Å². The molecule has 0 unspecified atom stereocenters. The molecule has 0 saturated heterocycles. The zero-order chi connectivity index (χ0) is 27.0. The summed E-state index contributed by atoms with van der Waals surface area (Å²) in [4.78, 5) is 27.7. The van der Waals surface area contributed by atoms with Gasteiger partial charge in [-0.2, -0.15) is 12.7 Å². The molecular formula is C24H31Cl2FN4O4S. The van der Waals surface area contributed by atoms with Crippen LogP contribution in [-0.4, -0.2) is 62.7 Å². The Hall–Kier alpha value is -2.40. The highest BCUT2D eigenvalue weighted by Gasteiger charge is 2.33. The second-order valence-electron chi connectivity index (χ2n) is 8.34. The Balaban J connectivity index is 2.45. The van der Waals surface area contributed by atoms with Crippen LogP contribution in [0.25, 0.3) is 0 Å². The molecule has 0 spiro atoms. The lowest BCUT2D eigenvalue weighted by Gasteiger charge is -2.33. The minimum Gasteiger partial charge on any atom is -0.354 e. The number of hydrogen-bond acceptors (Lipinski definition) is 4. The van der Waals surface area contributed by atoms with Crippen molar-refractivity contribution in [1.29, 1.82) is 0 Å². The number of nitrogens with one attached hydrogen (secondary N) is 1. The number of nitrogens with zero attached hydrogens (tertiary/aromatic N) is 3. The van der Waals surface area contributed by atoms with Crippen LogP contribution >= 0.6 is 23.2 Å². The molecule has 2 aromatic rings. The first-order valence-corrected chi connectivity index (χ1v) is 13.5. The molecule has 0 radical (unpaired) electrons. The molecule has 0 fully saturated rings. The summed E-state index contributed by atoms with van der Waals surface area (Å²) in [5.74, 6) is -1.91. The Morgan fingerprint density at radius 3 is 2.33 bits per heavy atom. The van der Waals surface area contributed by atoms with E-state index >= 15 is 0 Å². The normalized spacial score (nSPS) is 12.3. The van der Waals surface area contributed by atoms with Crippen LogP contribution < -0.4 is 9.62 Å². The van der Waals surface area contributed by atoms with Crippen LogP contribution in [0.4, 0.5) is 10.1 Å². The van der Waals surface area contributed by atoms with Crippen molar-refractivity contribution in [1.82, 2.24) is 14.5 Å². The van der Waals surface area contributed by atoms with E-state index in [1.807, 2.05) is 6.92 Å². The Morgan fingerprint density at radius 1 is 1.08 bits per heavy atom. The molecule has 0 aliphatic heterocycles. The summed E-state index contributed by atoms with van der Waals surface area (Å²) in [5, 5.41) is 3.38. The van der Waals surface area contributed by atoms with Gasteiger partial charge in [0.05, 0.1) is 15.7 Å². The largest absolute Gasteiger partial charge is 0.354 e. The molecule has 0 saturated carbocycles. The third kappa shape index (κ3) is 7.55. The van der Waals surface area contributed by atoms with E-state index in [0.29, 0.717) is 21.4 Å². The van der Waals surface area contributed by atoms with Crippen molar-refractivity contribution in [2.45, 2.75) is 39.3 Å². The van der Waals surface area contributed by atoms with E-state index in [4.69, 9.17) is 23.2 Å². The first-order chi connectivity index (χ1) is 16.9. The number of hydrogen-bond donors (Lipinski definition) is 1. The first-order valence-electron chi connectivity index (χ1n) is 11.4. The average molecular weight is 562 g/mol. The smallest absolute Gasteiger partial charge is 0.304 e. The topological polar surface area (TPSA) is 90.0 Å². The van der Waals surface area contributed by atoms with Gasteiger partial charge in [0, 0.05) is 27.2 Å². The van der Waals surface area contributed by atoms with Crippen molar-refractivity contribution < 1.29 is 22.4 Å². The number of unbranched alkanes of at least 4 members (excludes halogenated alkanes) is 1. The van der Waals surface area contributed by atoms with Gasteiger partial charge in [-0.3, -0.25) is 9.59 Å². The number of carbonyl (C=O) groups excluding carboxylic acids is 2. The molecular weight excluding hydrogens is 530 g/mol. The maximum absolute atomic E-state index is 14.6. The minimum absolute atomic E-state index is 0.0504. The highest BCUT2D eigenvalue weighted by atomic mass is 35.5. The van der Waals surface area contributed by atoms with Crippen LogP contribution in [0.3, 0.4) is 0 Å². The Kier molecular flexibility index (Phi) is 11.0. The van der Waals surface area contributed by atoms with Crippen LogP contribution in [0.5, 0.6) is 0 Å². The van der Waals surface area contributed by atoms with E-state index in [-0.39, 0.29) is 17.3 Å². The molecule has 1 N–H and O–H groups in total. The Labute approximate surface area is 222 Å². The third-order valence-electron chi connectivity index (χ3n) is 5.47. The first kappa shape index (κ1) is 29.8. The van der Waals surface area contributed by atoms with E-state index in [1.165, 1.54) is 37.2 Å². The molecule has 2 amide bonds. The van der Waals surface area contributed by atoms with Gasteiger partial charge in [-0.1, -0.05) is 54.7 Å². The number of rotatable bonds is 12. The molecule has 0 aliphatic rings. The Bertz CT molecular complexity index is 1180. The van der Waals surface area contributed by atoms with Crippen molar-refractivity contribution in [3.8, 4) is 0 Å². The van der Waals surface area contributed by atoms with Gasteiger partial charge in [-0.25, -0.2) is 8.70 Å². The zero-order valence-electron chi connectivity index (χ0n) is 20.7. The van der Waals surface area contributed by atoms with Crippen molar-refractivity contribution in [3.63, 3.8) is 0 Å². The number of halogens is 3. The van der Waals surface area contributed by atoms with Crippen molar-refractivity contribution in [2.75, 3.05) is 31.5 Å². The van der Waals surface area contributed by atoms with E-state index in [9.17, 15) is 22.4 Å². The van der Waals surface area contributed by atoms with Crippen molar-refractivity contribution >= 4 is 50.9 Å². The molecule has 0 aliphatic carbocycles. The number of anilines is 1. The number of benzene rings is 2. The van der Waals surface area contributed by atoms with E-state index < -0.39 is 40.4 Å². The summed E-state index contributed by atoms with van der Waals surface area (Å²) in [5.41, 5.74) is 0.299. The number of carbonyl (C=O) groups is 2. The van der Waals surface area contributed by atoms with E-state index in [0.717, 1.165) is 23.2 Å². The molecule has 12 heteroatoms. The molecule has 2 aromatic carbocycles. The van der Waals surface area contributed by atoms with Gasteiger partial charge >= 0.3 is 10.2 Å². The molecule has 198 valence electrons. The molecule has 0 heterocycles. The van der Waals surface area contributed by atoms with Crippen LogP contribution in [0.15, 0.2) is 42.5 Å². The molecule has 0 bridgehead atoms. The average Bonchev–Trinajstić information content (AvgIpc) is 2.83. The van der Waals surface area contributed by atoms with Gasteiger partial charge in [0.15, 0.2) is 0 Å². The second-order valence-corrected chi connectivity index (χ2v) is 11.2. The van der Waals surface area contributed by atoms with Gasteiger partial charge in [0.2, 0.25) is 11.8 Å². The van der Waals surface area contributed by atoms with Gasteiger partial charge in [0.1, 0.15) is 18.4 Å². The summed E-state index contributed by atoms with van der Waals surface area (Å²) in [7, 11) is -1.69. The molecule has 1 atom stereocenters. The highest BCUT2D eigenvalue weighted by Crippen LogP contribution is 2.26. The lowest BCUT2D eigenvalue weighted by Crippen LogP contribution is -2.52. The number of para-hydroxylation sites is 1. The summed E-state index contributed by atoms with van der Waals surface area (Å²) in [6, 6.07) is 9.10. The van der Waals surface area contributed by atoms with Crippen LogP contribution in [0.2, 0.25) is 10.0 Å². The van der Waals surface area contributed by atoms with Crippen molar-refractivity contribution in [2.24, 2.45) is 0 Å². The predicted molar refractivity (Wildman–Crippen MR) is 141 cm³/mol. The van der Waals surface area contributed by atoms with Gasteiger partial charge in [0.25, 0.3) is 0 Å². The van der Waals surface area contributed by atoms with Crippen LogP contribution in [0.1, 0.15) is 32.3 Å². The maximum Gasteiger partial charge on any atom is 0.304 e. The zero-order valence-corrected chi connectivity index (χ0v) is 23.0. The molecule has 36 heavy (non-hydrogen) atoms. The van der Waals surface area contributed by atoms with Gasteiger partial charge in [-0.15, -0.1) is 0 Å². The monoisotopic (exact) mass is 560 g/mol. The number of amides is 2. The second kappa shape index (κ2) is 13.2. The fourth-order valence-electron chi connectivity index (χ4n) is 3.31. The highest BCUT2D eigenvalue weighted by molar-refractivity contribution is 7.90. The summed E-state index contributed by atoms with van der Waals surface area (Å²) < 4.78 is 42.3. The molecule has 2 rings (SSSR count). The lowest BCUT2D eigenvalue weighted by molar-refractivity contribution is -0.139. The third-order valence-corrected chi connectivity index (χ3v) is 8.02. The van der Waals surface area contributed by atoms with Crippen molar-refractivity contribution in [3.05, 3.63) is 63.9 Å². The SMILES string of the molecule is CCCCNC(=O)[C@H](C)N(Cc1ccc(Cl)c(Cl)c1)C(=O)CN(c1ccccc1F)S(=O)(=O)N(C)C. The van der Waals surface area contributed by atoms with Gasteiger partial charge < -0.3 is 10.2 Å². The fourth-order valence-corrected chi connectivity index (χ4v) is 4.69. The maximum atomic E-state index is 14.6. The fraction of sp³-hybridized carbons (Fsp3) is 0.417. The molecule has 0 aromatic heterocycles.